The van der Waals surface area contributed by atoms with Gasteiger partial charge in [-0.2, -0.15) is 0 Å². The van der Waals surface area contributed by atoms with E-state index in [1.807, 2.05) is 0 Å². The fraction of sp³-hybridized carbons (Fsp3) is 0.727. The van der Waals surface area contributed by atoms with Crippen molar-refractivity contribution in [1.82, 2.24) is 10.6 Å². The number of benzene rings is 1. The Bertz CT molecular complexity index is 528. The van der Waals surface area contributed by atoms with Gasteiger partial charge in [0.05, 0.1) is 0 Å². The van der Waals surface area contributed by atoms with E-state index < -0.39 is 0 Å². The van der Waals surface area contributed by atoms with Crippen molar-refractivity contribution >= 4 is 0 Å². The quantitative estimate of drug-likeness (QED) is 0.830. The Kier molecular flexibility index (Phi) is 4.96. The standard InChI is InChI=1S/C22H34N2/c1-3-16-12-13-20-21(16)19-11-7-10-18(22(19)24-20)14-23-15(2)17-8-5-4-6-9-17/h4-6,8-9,15-16,18-24H,3,7,10-14H2,1-2H3. The molecule has 2 N–H and O–H groups in total. The predicted octanol–water partition coefficient (Wildman–Crippen LogP) is 4.53. The molecule has 1 aliphatic heterocycles. The highest BCUT2D eigenvalue weighted by molar-refractivity contribution is 5.18. The normalized spacial score (nSPS) is 39.4. The van der Waals surface area contributed by atoms with E-state index in [1.165, 1.54) is 50.6 Å². The van der Waals surface area contributed by atoms with Gasteiger partial charge in [0.2, 0.25) is 0 Å². The SMILES string of the molecule is CCC1CCC2NC3C(CNC(C)c4ccccc4)CCCC3C12. The minimum Gasteiger partial charge on any atom is -0.310 e. The molecule has 2 aliphatic carbocycles. The van der Waals surface area contributed by atoms with Crippen LogP contribution in [-0.2, 0) is 0 Å². The molecule has 7 atom stereocenters. The number of nitrogens with one attached hydrogen (secondary N) is 2. The summed E-state index contributed by atoms with van der Waals surface area (Å²) < 4.78 is 0. The molecule has 0 bridgehead atoms. The zero-order valence-corrected chi connectivity index (χ0v) is 15.4. The van der Waals surface area contributed by atoms with Crippen LogP contribution < -0.4 is 10.6 Å². The van der Waals surface area contributed by atoms with Crippen LogP contribution >= 0.6 is 0 Å². The summed E-state index contributed by atoms with van der Waals surface area (Å²) in [5, 5.41) is 7.92. The molecule has 1 aromatic carbocycles. The highest BCUT2D eigenvalue weighted by atomic mass is 15.1. The van der Waals surface area contributed by atoms with Gasteiger partial charge in [0, 0.05) is 24.7 Å². The van der Waals surface area contributed by atoms with Gasteiger partial charge in [0.1, 0.15) is 0 Å². The Morgan fingerprint density at radius 1 is 1.08 bits per heavy atom. The van der Waals surface area contributed by atoms with Crippen LogP contribution in [0.5, 0.6) is 0 Å². The second-order valence-electron chi connectivity index (χ2n) is 8.52. The minimum absolute atomic E-state index is 0.455. The third-order valence-electron chi connectivity index (χ3n) is 7.35. The zero-order chi connectivity index (χ0) is 16.5. The molecule has 24 heavy (non-hydrogen) atoms. The number of hydrogen-bond donors (Lipinski definition) is 2. The van der Waals surface area contributed by atoms with Crippen LogP contribution in [0.15, 0.2) is 30.3 Å². The Morgan fingerprint density at radius 2 is 1.92 bits per heavy atom. The lowest BCUT2D eigenvalue weighted by Crippen LogP contribution is -2.45. The highest BCUT2D eigenvalue weighted by Crippen LogP contribution is 2.50. The van der Waals surface area contributed by atoms with E-state index in [4.69, 9.17) is 0 Å². The van der Waals surface area contributed by atoms with Gasteiger partial charge in [-0.25, -0.2) is 0 Å². The van der Waals surface area contributed by atoms with Crippen LogP contribution in [-0.4, -0.2) is 18.6 Å². The molecule has 3 aliphatic rings. The minimum atomic E-state index is 0.455. The molecule has 132 valence electrons. The van der Waals surface area contributed by atoms with Crippen LogP contribution in [0.25, 0.3) is 0 Å². The maximum atomic E-state index is 4.09. The first-order chi connectivity index (χ1) is 11.8. The second kappa shape index (κ2) is 7.17. The predicted molar refractivity (Wildman–Crippen MR) is 101 cm³/mol. The first kappa shape index (κ1) is 16.6. The van der Waals surface area contributed by atoms with Crippen molar-refractivity contribution in [3.05, 3.63) is 35.9 Å². The summed E-state index contributed by atoms with van der Waals surface area (Å²) in [6, 6.07) is 12.9. The molecule has 2 heteroatoms. The zero-order valence-electron chi connectivity index (χ0n) is 15.4. The van der Waals surface area contributed by atoms with Crippen molar-refractivity contribution in [1.29, 1.82) is 0 Å². The summed E-state index contributed by atoms with van der Waals surface area (Å²) in [5.74, 6) is 3.75. The van der Waals surface area contributed by atoms with Crippen molar-refractivity contribution in [2.45, 2.75) is 70.5 Å². The molecule has 4 rings (SSSR count). The molecule has 0 aromatic heterocycles. The van der Waals surface area contributed by atoms with E-state index in [2.05, 4.69) is 54.8 Å². The average Bonchev–Trinajstić information content (AvgIpc) is 3.19. The van der Waals surface area contributed by atoms with Crippen LogP contribution in [0.3, 0.4) is 0 Å². The Hall–Kier alpha value is -0.860. The van der Waals surface area contributed by atoms with Gasteiger partial charge in [-0.3, -0.25) is 0 Å². The number of rotatable bonds is 5. The highest BCUT2D eigenvalue weighted by Gasteiger charge is 2.51. The van der Waals surface area contributed by atoms with Gasteiger partial charge in [0.15, 0.2) is 0 Å². The van der Waals surface area contributed by atoms with Crippen LogP contribution in [0.1, 0.15) is 64.0 Å². The van der Waals surface area contributed by atoms with E-state index >= 15 is 0 Å². The largest absolute Gasteiger partial charge is 0.310 e. The maximum absolute atomic E-state index is 4.09. The molecule has 2 saturated carbocycles. The molecule has 2 nitrogen and oxygen atoms in total. The van der Waals surface area contributed by atoms with E-state index in [0.29, 0.717) is 6.04 Å². The van der Waals surface area contributed by atoms with Gasteiger partial charge in [-0.15, -0.1) is 0 Å². The molecule has 1 heterocycles. The summed E-state index contributed by atoms with van der Waals surface area (Å²) in [6.45, 7) is 5.88. The van der Waals surface area contributed by atoms with E-state index in [1.54, 1.807) is 0 Å². The Labute approximate surface area is 147 Å². The first-order valence-electron chi connectivity index (χ1n) is 10.3. The average molecular weight is 327 g/mol. The fourth-order valence-electron chi connectivity index (χ4n) is 6.11. The molecule has 0 spiro atoms. The monoisotopic (exact) mass is 326 g/mol. The maximum Gasteiger partial charge on any atom is 0.0291 e. The van der Waals surface area contributed by atoms with Crippen molar-refractivity contribution in [3.8, 4) is 0 Å². The van der Waals surface area contributed by atoms with Crippen LogP contribution in [0, 0.1) is 23.7 Å². The molecular weight excluding hydrogens is 292 g/mol. The summed E-state index contributed by atoms with van der Waals surface area (Å²) in [7, 11) is 0. The van der Waals surface area contributed by atoms with Gasteiger partial charge < -0.3 is 10.6 Å². The molecule has 1 aromatic rings. The molecule has 7 unspecified atom stereocenters. The van der Waals surface area contributed by atoms with E-state index in [9.17, 15) is 0 Å². The van der Waals surface area contributed by atoms with Gasteiger partial charge >= 0.3 is 0 Å². The first-order valence-corrected chi connectivity index (χ1v) is 10.3. The molecule has 0 radical (unpaired) electrons. The second-order valence-corrected chi connectivity index (χ2v) is 8.52. The van der Waals surface area contributed by atoms with Crippen molar-refractivity contribution in [2.75, 3.05) is 6.54 Å². The van der Waals surface area contributed by atoms with E-state index in [0.717, 1.165) is 35.8 Å². The van der Waals surface area contributed by atoms with Crippen molar-refractivity contribution in [2.24, 2.45) is 23.7 Å². The topological polar surface area (TPSA) is 24.1 Å². The van der Waals surface area contributed by atoms with Crippen molar-refractivity contribution < 1.29 is 0 Å². The van der Waals surface area contributed by atoms with Crippen LogP contribution in [0.2, 0.25) is 0 Å². The summed E-state index contributed by atoms with van der Waals surface area (Å²) in [4.78, 5) is 0. The fourth-order valence-corrected chi connectivity index (χ4v) is 6.11. The van der Waals surface area contributed by atoms with Crippen LogP contribution in [0.4, 0.5) is 0 Å². The molecular formula is C22H34N2. The molecule has 3 fully saturated rings. The Morgan fingerprint density at radius 3 is 2.71 bits per heavy atom. The van der Waals surface area contributed by atoms with Gasteiger partial charge in [0.25, 0.3) is 0 Å². The lowest BCUT2D eigenvalue weighted by Gasteiger charge is -2.37. The van der Waals surface area contributed by atoms with Gasteiger partial charge in [-0.1, -0.05) is 50.1 Å². The lowest BCUT2D eigenvalue weighted by atomic mass is 9.70. The van der Waals surface area contributed by atoms with E-state index in [-0.39, 0.29) is 0 Å². The number of fused-ring (bicyclic) bond motifs is 3. The summed E-state index contributed by atoms with van der Waals surface area (Å²) in [6.07, 6.45) is 8.60. The molecule has 0 amide bonds. The lowest BCUT2D eigenvalue weighted by molar-refractivity contribution is 0.167. The van der Waals surface area contributed by atoms with Crippen molar-refractivity contribution in [3.63, 3.8) is 0 Å². The third kappa shape index (κ3) is 3.04. The van der Waals surface area contributed by atoms with Gasteiger partial charge in [-0.05, 0) is 61.8 Å². The molecule has 1 saturated heterocycles. The Balaban J connectivity index is 1.38. The third-order valence-corrected chi connectivity index (χ3v) is 7.35. The summed E-state index contributed by atoms with van der Waals surface area (Å²) >= 11 is 0. The smallest absolute Gasteiger partial charge is 0.0291 e. The number of hydrogen-bond acceptors (Lipinski definition) is 2. The summed E-state index contributed by atoms with van der Waals surface area (Å²) in [5.41, 5.74) is 1.41.